The summed E-state index contributed by atoms with van der Waals surface area (Å²) in [4.78, 5) is 2.32. The summed E-state index contributed by atoms with van der Waals surface area (Å²) in [7, 11) is 0. The van der Waals surface area contributed by atoms with E-state index >= 15 is 0 Å². The molecule has 0 saturated heterocycles. The Hall–Kier alpha value is -1.07. The first-order chi connectivity index (χ1) is 9.47. The average molecular weight is 340 g/mol. The molecule has 0 aromatic heterocycles. The zero-order chi connectivity index (χ0) is 14.7. The molecule has 0 bridgehead atoms. The van der Waals surface area contributed by atoms with Crippen LogP contribution in [0, 0.1) is 5.41 Å². The minimum atomic E-state index is 0.242. The first kappa shape index (κ1) is 15.3. The van der Waals surface area contributed by atoms with Crippen molar-refractivity contribution in [1.82, 2.24) is 4.90 Å². The molecule has 1 heterocycles. The summed E-state index contributed by atoms with van der Waals surface area (Å²) in [6.45, 7) is 6.73. The van der Waals surface area contributed by atoms with Crippen LogP contribution in [0.2, 0.25) is 0 Å². The molecule has 3 N–H and O–H groups in total. The van der Waals surface area contributed by atoms with E-state index < -0.39 is 0 Å². The van der Waals surface area contributed by atoms with Crippen molar-refractivity contribution in [3.63, 3.8) is 0 Å². The quantitative estimate of drug-likeness (QED) is 0.618. The van der Waals surface area contributed by atoms with Gasteiger partial charge in [-0.25, -0.2) is 0 Å². The number of nitrogens with zero attached hydrogens (tertiary/aromatic N) is 1. The molecule has 1 aromatic rings. The van der Waals surface area contributed by atoms with Crippen LogP contribution in [0.5, 0.6) is 5.75 Å². The smallest absolute Gasteiger partial charge is 0.127 e. The molecule has 1 aliphatic heterocycles. The molecule has 0 radical (unpaired) electrons. The summed E-state index contributed by atoms with van der Waals surface area (Å²) < 4.78 is 6.88. The Kier molecular flexibility index (Phi) is 5.05. The first-order valence-electron chi connectivity index (χ1n) is 6.98. The van der Waals surface area contributed by atoms with Crippen LogP contribution in [0.15, 0.2) is 16.6 Å². The summed E-state index contributed by atoms with van der Waals surface area (Å²) in [6.07, 6.45) is 1.59. The molecule has 1 aromatic carbocycles. The summed E-state index contributed by atoms with van der Waals surface area (Å²) in [5, 5.41) is 7.38. The van der Waals surface area contributed by atoms with E-state index in [2.05, 4.69) is 46.8 Å². The van der Waals surface area contributed by atoms with Crippen LogP contribution in [0.25, 0.3) is 0 Å². The Balaban J connectivity index is 2.16. The van der Waals surface area contributed by atoms with Gasteiger partial charge in [0, 0.05) is 42.0 Å². The van der Waals surface area contributed by atoms with Crippen LogP contribution >= 0.6 is 15.9 Å². The molecule has 0 fully saturated rings. The topological polar surface area (TPSA) is 62.3 Å². The van der Waals surface area contributed by atoms with E-state index in [1.165, 1.54) is 11.1 Å². The molecule has 20 heavy (non-hydrogen) atoms. The maximum Gasteiger partial charge on any atom is 0.127 e. The number of benzene rings is 1. The van der Waals surface area contributed by atoms with E-state index in [0.29, 0.717) is 12.5 Å². The Labute approximate surface area is 128 Å². The van der Waals surface area contributed by atoms with Gasteiger partial charge in [-0.1, -0.05) is 15.9 Å². The van der Waals surface area contributed by atoms with Gasteiger partial charge < -0.3 is 10.5 Å². The lowest BCUT2D eigenvalue weighted by Crippen LogP contribution is -2.33. The van der Waals surface area contributed by atoms with E-state index in [4.69, 9.17) is 15.9 Å². The van der Waals surface area contributed by atoms with Gasteiger partial charge in [0.1, 0.15) is 5.75 Å². The van der Waals surface area contributed by atoms with E-state index in [-0.39, 0.29) is 5.84 Å². The Morgan fingerprint density at radius 3 is 2.90 bits per heavy atom. The maximum atomic E-state index is 7.38. The molecule has 0 saturated carbocycles. The predicted octanol–water partition coefficient (Wildman–Crippen LogP) is 2.92. The summed E-state index contributed by atoms with van der Waals surface area (Å²) >= 11 is 3.58. The Bertz CT molecular complexity index is 502. The minimum Gasteiger partial charge on any atom is -0.493 e. The zero-order valence-corrected chi connectivity index (χ0v) is 13.7. The maximum absolute atomic E-state index is 7.38. The van der Waals surface area contributed by atoms with Gasteiger partial charge >= 0.3 is 0 Å². The van der Waals surface area contributed by atoms with Gasteiger partial charge in [-0.3, -0.25) is 10.3 Å². The van der Waals surface area contributed by atoms with Crippen molar-refractivity contribution >= 4 is 21.8 Å². The molecule has 0 amide bonds. The predicted molar refractivity (Wildman–Crippen MR) is 85.4 cm³/mol. The van der Waals surface area contributed by atoms with Crippen LogP contribution in [-0.4, -0.2) is 29.9 Å². The number of amidine groups is 1. The van der Waals surface area contributed by atoms with Crippen molar-refractivity contribution < 1.29 is 4.74 Å². The highest BCUT2D eigenvalue weighted by molar-refractivity contribution is 9.10. The third-order valence-corrected chi connectivity index (χ3v) is 4.06. The lowest BCUT2D eigenvalue weighted by molar-refractivity contribution is 0.215. The SMILES string of the molecule is CC(C)N(CCC(=N)N)Cc1cc(Br)cc2c1OCC2. The molecule has 4 nitrogen and oxygen atoms in total. The normalized spacial score (nSPS) is 13.7. The highest BCUT2D eigenvalue weighted by atomic mass is 79.9. The van der Waals surface area contributed by atoms with E-state index in [1.54, 1.807) is 0 Å². The standard InChI is InChI=1S/C15H22BrN3O/c1-10(2)19(5-3-14(17)18)9-12-8-13(16)7-11-4-6-20-15(11)12/h7-8,10H,3-6,9H2,1-2H3,(H3,17,18). The zero-order valence-electron chi connectivity index (χ0n) is 12.1. The molecule has 0 spiro atoms. The first-order valence-corrected chi connectivity index (χ1v) is 7.77. The summed E-state index contributed by atoms with van der Waals surface area (Å²) in [5.41, 5.74) is 7.97. The molecule has 2 rings (SSSR count). The number of nitrogens with two attached hydrogens (primary N) is 1. The fraction of sp³-hybridized carbons (Fsp3) is 0.533. The largest absolute Gasteiger partial charge is 0.493 e. The van der Waals surface area contributed by atoms with Gasteiger partial charge in [-0.15, -0.1) is 0 Å². The minimum absolute atomic E-state index is 0.242. The van der Waals surface area contributed by atoms with Crippen LogP contribution in [0.1, 0.15) is 31.4 Å². The molecule has 110 valence electrons. The summed E-state index contributed by atoms with van der Waals surface area (Å²) in [6, 6.07) is 4.68. The molecule has 0 atom stereocenters. The van der Waals surface area contributed by atoms with Crippen molar-refractivity contribution in [3.8, 4) is 5.75 Å². The van der Waals surface area contributed by atoms with E-state index in [0.717, 1.165) is 36.3 Å². The van der Waals surface area contributed by atoms with Crippen molar-refractivity contribution in [3.05, 3.63) is 27.7 Å². The molecule has 0 aliphatic carbocycles. The molecular formula is C15H22BrN3O. The Morgan fingerprint density at radius 2 is 2.25 bits per heavy atom. The monoisotopic (exact) mass is 339 g/mol. The van der Waals surface area contributed by atoms with Gasteiger partial charge in [0.2, 0.25) is 0 Å². The number of hydrogen-bond donors (Lipinski definition) is 2. The molecular weight excluding hydrogens is 318 g/mol. The fourth-order valence-corrected chi connectivity index (χ4v) is 3.02. The van der Waals surface area contributed by atoms with Crippen molar-refractivity contribution in [2.45, 2.75) is 39.3 Å². The van der Waals surface area contributed by atoms with Crippen molar-refractivity contribution in [2.24, 2.45) is 5.73 Å². The second-order valence-corrected chi connectivity index (χ2v) is 6.41. The second-order valence-electron chi connectivity index (χ2n) is 5.49. The third-order valence-electron chi connectivity index (χ3n) is 3.60. The van der Waals surface area contributed by atoms with Crippen LogP contribution < -0.4 is 10.5 Å². The number of hydrogen-bond acceptors (Lipinski definition) is 3. The number of ether oxygens (including phenoxy) is 1. The molecule has 5 heteroatoms. The average Bonchev–Trinajstić information content (AvgIpc) is 2.81. The van der Waals surface area contributed by atoms with Crippen LogP contribution in [-0.2, 0) is 13.0 Å². The molecule has 1 aliphatic rings. The van der Waals surface area contributed by atoms with Gasteiger partial charge in [0.05, 0.1) is 12.4 Å². The van der Waals surface area contributed by atoms with Gasteiger partial charge in [-0.2, -0.15) is 0 Å². The van der Waals surface area contributed by atoms with E-state index in [1.807, 2.05) is 0 Å². The van der Waals surface area contributed by atoms with E-state index in [9.17, 15) is 0 Å². The van der Waals surface area contributed by atoms with Gasteiger partial charge in [-0.05, 0) is 31.5 Å². The van der Waals surface area contributed by atoms with Crippen molar-refractivity contribution in [1.29, 1.82) is 5.41 Å². The van der Waals surface area contributed by atoms with Crippen LogP contribution in [0.4, 0.5) is 0 Å². The third kappa shape index (κ3) is 3.73. The lowest BCUT2D eigenvalue weighted by atomic mass is 10.1. The highest BCUT2D eigenvalue weighted by Crippen LogP contribution is 2.34. The number of nitrogens with one attached hydrogen (secondary N) is 1. The number of halogens is 1. The fourth-order valence-electron chi connectivity index (χ4n) is 2.47. The lowest BCUT2D eigenvalue weighted by Gasteiger charge is -2.27. The van der Waals surface area contributed by atoms with Crippen LogP contribution in [0.3, 0.4) is 0 Å². The molecule has 0 unspecified atom stereocenters. The van der Waals surface area contributed by atoms with Gasteiger partial charge in [0.25, 0.3) is 0 Å². The Morgan fingerprint density at radius 1 is 1.50 bits per heavy atom. The second kappa shape index (κ2) is 6.59. The number of fused-ring (bicyclic) bond motifs is 1. The van der Waals surface area contributed by atoms with Gasteiger partial charge in [0.15, 0.2) is 0 Å². The van der Waals surface area contributed by atoms with Crippen molar-refractivity contribution in [2.75, 3.05) is 13.2 Å². The highest BCUT2D eigenvalue weighted by Gasteiger charge is 2.20. The summed E-state index contributed by atoms with van der Waals surface area (Å²) in [5.74, 6) is 1.29. The number of rotatable bonds is 6.